The molecule has 0 aromatic heterocycles. The highest BCUT2D eigenvalue weighted by molar-refractivity contribution is 6.74. The third-order valence-electron chi connectivity index (χ3n) is 5.60. The van der Waals surface area contributed by atoms with E-state index < -0.39 is 13.9 Å². The van der Waals surface area contributed by atoms with Crippen molar-refractivity contribution >= 4 is 14.4 Å². The Labute approximate surface area is 193 Å². The molecule has 0 bridgehead atoms. The molecule has 0 aliphatic heterocycles. The lowest BCUT2D eigenvalue weighted by Gasteiger charge is -2.42. The minimum Gasteiger partial charge on any atom is -0.444 e. The Morgan fingerprint density at radius 3 is 1.90 bits per heavy atom. The van der Waals surface area contributed by atoms with Crippen molar-refractivity contribution in [3.63, 3.8) is 0 Å². The van der Waals surface area contributed by atoms with Gasteiger partial charge in [-0.3, -0.25) is 0 Å². The molecule has 1 N–H and O–H groups in total. The fourth-order valence-electron chi connectivity index (χ4n) is 2.53. The van der Waals surface area contributed by atoms with E-state index in [4.69, 9.17) is 13.9 Å². The first-order valence-corrected chi connectivity index (χ1v) is 14.5. The lowest BCUT2D eigenvalue weighted by atomic mass is 10.0. The van der Waals surface area contributed by atoms with Crippen LogP contribution in [0.5, 0.6) is 0 Å². The van der Waals surface area contributed by atoms with Gasteiger partial charge in [-0.2, -0.15) is 0 Å². The van der Waals surface area contributed by atoms with Gasteiger partial charge in [0, 0.05) is 26.2 Å². The topological polar surface area (TPSA) is 60.0 Å². The fourth-order valence-corrected chi connectivity index (χ4v) is 3.94. The largest absolute Gasteiger partial charge is 0.444 e. The smallest absolute Gasteiger partial charge is 0.410 e. The van der Waals surface area contributed by atoms with E-state index in [0.29, 0.717) is 13.2 Å². The number of nitrogens with one attached hydrogen (secondary N) is 1. The molecule has 186 valence electrons. The number of hydrogen-bond acceptors (Lipinski definition) is 5. The number of hydrogen-bond donors (Lipinski definition) is 1. The predicted octanol–water partition coefficient (Wildman–Crippen LogP) is 5.67. The molecule has 0 rings (SSSR count). The first-order chi connectivity index (χ1) is 13.6. The Kier molecular flexibility index (Phi) is 11.2. The van der Waals surface area contributed by atoms with Crippen molar-refractivity contribution in [3.05, 3.63) is 0 Å². The number of carbonyl (C=O) groups is 1. The fraction of sp³-hybridized carbons (Fsp3) is 0.958. The Bertz CT molecular complexity index is 547. The quantitative estimate of drug-likeness (QED) is 0.425. The zero-order valence-electron chi connectivity index (χ0n) is 22.9. The maximum atomic E-state index is 12.6. The normalized spacial score (nSPS) is 16.6. The minimum absolute atomic E-state index is 0.0818. The average Bonchev–Trinajstić information content (AvgIpc) is 2.53. The van der Waals surface area contributed by atoms with E-state index >= 15 is 0 Å². The lowest BCUT2D eigenvalue weighted by molar-refractivity contribution is -0.0136. The van der Waals surface area contributed by atoms with Gasteiger partial charge in [0.15, 0.2) is 8.32 Å². The number of ether oxygens (including phenoxy) is 2. The van der Waals surface area contributed by atoms with Crippen molar-refractivity contribution in [1.29, 1.82) is 0 Å². The molecular formula is C24H52N2O4Si. The van der Waals surface area contributed by atoms with Gasteiger partial charge in [-0.15, -0.1) is 0 Å². The standard InChI is InChI=1S/C24H52N2O4Si/c1-18(15-25-19(2)17-28-22(3,4)5)20(30-31(13,14)24(9,10)11)16-26(12)21(27)29-23(6,7)8/h18-20,25H,15-17H2,1-14H3/t18-,19+,20+/m1/s1. The van der Waals surface area contributed by atoms with Crippen LogP contribution in [0, 0.1) is 5.92 Å². The first-order valence-electron chi connectivity index (χ1n) is 11.6. The van der Waals surface area contributed by atoms with Gasteiger partial charge in [-0.1, -0.05) is 27.7 Å². The third-order valence-corrected chi connectivity index (χ3v) is 10.1. The monoisotopic (exact) mass is 460 g/mol. The second kappa shape index (κ2) is 11.5. The summed E-state index contributed by atoms with van der Waals surface area (Å²) in [5.74, 6) is 0.219. The van der Waals surface area contributed by atoms with Gasteiger partial charge in [0.25, 0.3) is 0 Å². The van der Waals surface area contributed by atoms with E-state index in [1.807, 2.05) is 20.8 Å². The van der Waals surface area contributed by atoms with Crippen LogP contribution >= 0.6 is 0 Å². The SMILES string of the molecule is C[C@H](CN[C@@H](C)COC(C)(C)C)[C@H](CN(C)C(=O)OC(C)(C)C)O[Si](C)(C)C(C)(C)C. The molecule has 1 amide bonds. The molecule has 0 heterocycles. The van der Waals surface area contributed by atoms with Crippen LogP contribution in [0.4, 0.5) is 4.79 Å². The van der Waals surface area contributed by atoms with E-state index in [9.17, 15) is 4.79 Å². The van der Waals surface area contributed by atoms with E-state index in [0.717, 1.165) is 6.54 Å². The van der Waals surface area contributed by atoms with Gasteiger partial charge >= 0.3 is 6.09 Å². The van der Waals surface area contributed by atoms with Crippen LogP contribution in [0.25, 0.3) is 0 Å². The molecule has 0 saturated heterocycles. The van der Waals surface area contributed by atoms with Crippen molar-refractivity contribution in [2.24, 2.45) is 5.92 Å². The van der Waals surface area contributed by atoms with Gasteiger partial charge in [0.1, 0.15) is 5.60 Å². The van der Waals surface area contributed by atoms with Crippen LogP contribution in [0.3, 0.4) is 0 Å². The van der Waals surface area contributed by atoms with Gasteiger partial charge in [0.2, 0.25) is 0 Å². The second-order valence-corrected chi connectivity index (χ2v) is 17.2. The molecule has 6 nitrogen and oxygen atoms in total. The summed E-state index contributed by atoms with van der Waals surface area (Å²) in [6.07, 6.45) is -0.398. The summed E-state index contributed by atoms with van der Waals surface area (Å²) >= 11 is 0. The van der Waals surface area contributed by atoms with Crippen LogP contribution < -0.4 is 5.32 Å². The molecule has 0 aliphatic carbocycles. The molecule has 0 radical (unpaired) electrons. The van der Waals surface area contributed by atoms with Crippen molar-refractivity contribution in [3.8, 4) is 0 Å². The zero-order chi connectivity index (χ0) is 24.8. The van der Waals surface area contributed by atoms with E-state index in [1.54, 1.807) is 11.9 Å². The number of nitrogens with zero attached hydrogens (tertiary/aromatic N) is 1. The van der Waals surface area contributed by atoms with Gasteiger partial charge in [-0.05, 0) is 72.5 Å². The maximum absolute atomic E-state index is 12.6. The highest BCUT2D eigenvalue weighted by Gasteiger charge is 2.40. The summed E-state index contributed by atoms with van der Waals surface area (Å²) in [5, 5.41) is 3.67. The highest BCUT2D eigenvalue weighted by Crippen LogP contribution is 2.38. The lowest BCUT2D eigenvalue weighted by Crippen LogP contribution is -2.51. The predicted molar refractivity (Wildman–Crippen MR) is 133 cm³/mol. The molecule has 0 unspecified atom stereocenters. The summed E-state index contributed by atoms with van der Waals surface area (Å²) < 4.78 is 18.2. The Morgan fingerprint density at radius 1 is 0.968 bits per heavy atom. The zero-order valence-corrected chi connectivity index (χ0v) is 23.9. The molecule has 31 heavy (non-hydrogen) atoms. The summed E-state index contributed by atoms with van der Waals surface area (Å²) in [7, 11) is -0.219. The van der Waals surface area contributed by atoms with Crippen molar-refractivity contribution in [2.75, 3.05) is 26.7 Å². The van der Waals surface area contributed by atoms with Gasteiger partial charge < -0.3 is 24.1 Å². The van der Waals surface area contributed by atoms with Gasteiger partial charge in [0.05, 0.1) is 18.3 Å². The summed E-state index contributed by atoms with van der Waals surface area (Å²) in [5.41, 5.74) is -0.664. The molecule has 7 heteroatoms. The van der Waals surface area contributed by atoms with Crippen molar-refractivity contribution in [1.82, 2.24) is 10.2 Å². The van der Waals surface area contributed by atoms with Crippen LogP contribution in [-0.4, -0.2) is 69.4 Å². The first kappa shape index (κ1) is 30.4. The Hall–Kier alpha value is -0.633. The maximum Gasteiger partial charge on any atom is 0.410 e. The number of likely N-dealkylation sites (N-methyl/N-ethyl adjacent to an activating group) is 1. The van der Waals surface area contributed by atoms with Crippen molar-refractivity contribution < 1.29 is 18.7 Å². The van der Waals surface area contributed by atoms with Crippen LogP contribution in [-0.2, 0) is 13.9 Å². The molecule has 0 aromatic rings. The van der Waals surface area contributed by atoms with E-state index in [1.165, 1.54) is 0 Å². The summed E-state index contributed by atoms with van der Waals surface area (Å²) in [6.45, 7) is 29.3. The molecule has 3 atom stereocenters. The molecule has 0 aromatic carbocycles. The average molecular weight is 461 g/mol. The summed E-state index contributed by atoms with van der Waals surface area (Å²) in [4.78, 5) is 14.2. The van der Waals surface area contributed by atoms with Crippen LogP contribution in [0.1, 0.15) is 76.2 Å². The summed E-state index contributed by atoms with van der Waals surface area (Å²) in [6, 6.07) is 0.235. The number of amides is 1. The third kappa shape index (κ3) is 12.9. The molecule has 0 aliphatic rings. The minimum atomic E-state index is -2.01. The van der Waals surface area contributed by atoms with Gasteiger partial charge in [-0.25, -0.2) is 4.79 Å². The van der Waals surface area contributed by atoms with Crippen molar-refractivity contribution in [2.45, 2.75) is 118 Å². The molecule has 0 spiro atoms. The number of rotatable bonds is 10. The van der Waals surface area contributed by atoms with Crippen LogP contribution in [0.15, 0.2) is 0 Å². The molecule has 0 saturated carbocycles. The van der Waals surface area contributed by atoms with E-state index in [2.05, 4.69) is 73.8 Å². The second-order valence-electron chi connectivity index (χ2n) is 12.5. The Balaban J connectivity index is 5.23. The molecule has 0 fully saturated rings. The van der Waals surface area contributed by atoms with E-state index in [-0.39, 0.29) is 34.8 Å². The highest BCUT2D eigenvalue weighted by atomic mass is 28.4. The number of carbonyl (C=O) groups excluding carboxylic acids is 1. The Morgan fingerprint density at radius 2 is 1.48 bits per heavy atom. The van der Waals surface area contributed by atoms with Crippen LogP contribution in [0.2, 0.25) is 18.1 Å². The molecular weight excluding hydrogens is 408 g/mol.